The number of likely N-dealkylation sites (N-methyl/N-ethyl adjacent to an activating group) is 1. The molecule has 1 heterocycles. The van der Waals surface area contributed by atoms with Crippen LogP contribution in [0.1, 0.15) is 27.7 Å². The maximum Gasteiger partial charge on any atom is 0.488 e. The van der Waals surface area contributed by atoms with Crippen LogP contribution < -0.4 is 10.4 Å². The molecule has 1 aromatic rings. The van der Waals surface area contributed by atoms with Gasteiger partial charge in [0, 0.05) is 26.2 Å². The number of hydrogen-bond donors (Lipinski definition) is 4. The quantitative estimate of drug-likeness (QED) is 0.561. The Hall–Kier alpha value is -1.19. The Labute approximate surface area is 149 Å². The van der Waals surface area contributed by atoms with Gasteiger partial charge in [-0.15, -0.1) is 0 Å². The highest BCUT2D eigenvalue weighted by molar-refractivity contribution is 6.58. The van der Waals surface area contributed by atoms with Crippen LogP contribution in [0.4, 0.5) is 10.1 Å². The predicted octanol–water partition coefficient (Wildman–Crippen LogP) is -0.215. The van der Waals surface area contributed by atoms with Gasteiger partial charge in [0.1, 0.15) is 5.82 Å². The molecule has 1 aliphatic heterocycles. The fourth-order valence-electron chi connectivity index (χ4n) is 1.99. The van der Waals surface area contributed by atoms with Crippen LogP contribution in [0.25, 0.3) is 0 Å². The highest BCUT2D eigenvalue weighted by Crippen LogP contribution is 2.20. The molecule has 25 heavy (non-hydrogen) atoms. The molecular formula is C17H30BFN2O4. The van der Waals surface area contributed by atoms with E-state index in [1.807, 2.05) is 11.9 Å². The van der Waals surface area contributed by atoms with Gasteiger partial charge in [-0.25, -0.2) is 4.39 Å². The normalized spacial score (nSPS) is 16.3. The van der Waals surface area contributed by atoms with E-state index in [0.29, 0.717) is 5.69 Å². The van der Waals surface area contributed by atoms with Gasteiger partial charge in [-0.2, -0.15) is 0 Å². The van der Waals surface area contributed by atoms with Crippen molar-refractivity contribution in [3.05, 3.63) is 24.0 Å². The second kappa shape index (κ2) is 8.46. The molecule has 1 aromatic carbocycles. The molecule has 0 spiro atoms. The van der Waals surface area contributed by atoms with E-state index in [9.17, 15) is 4.39 Å². The van der Waals surface area contributed by atoms with Gasteiger partial charge < -0.3 is 30.1 Å². The summed E-state index contributed by atoms with van der Waals surface area (Å²) in [7, 11) is 0.421. The van der Waals surface area contributed by atoms with Crippen LogP contribution in [0, 0.1) is 5.82 Å². The van der Waals surface area contributed by atoms with Crippen LogP contribution in [0.3, 0.4) is 0 Å². The summed E-state index contributed by atoms with van der Waals surface area (Å²) in [6.45, 7) is 9.69. The molecule has 0 unspecified atom stereocenters. The Balaban J connectivity index is 0.000000333. The molecule has 0 radical (unpaired) electrons. The maximum absolute atomic E-state index is 13.8. The largest absolute Gasteiger partial charge is 0.488 e. The zero-order chi connectivity index (χ0) is 19.4. The van der Waals surface area contributed by atoms with Gasteiger partial charge in [-0.05, 0) is 52.3 Å². The second-order valence-electron chi connectivity index (χ2n) is 7.49. The molecule has 1 fully saturated rings. The van der Waals surface area contributed by atoms with Crippen LogP contribution in [0.15, 0.2) is 18.2 Å². The van der Waals surface area contributed by atoms with Crippen molar-refractivity contribution in [3.63, 3.8) is 0 Å². The lowest BCUT2D eigenvalue weighted by Gasteiger charge is -2.34. The van der Waals surface area contributed by atoms with Crippen molar-refractivity contribution in [1.82, 2.24) is 4.90 Å². The minimum absolute atomic E-state index is 0.181. The van der Waals surface area contributed by atoms with Gasteiger partial charge in [0.05, 0.1) is 16.9 Å². The molecular weight excluding hydrogens is 326 g/mol. The Morgan fingerprint density at radius 3 is 1.80 bits per heavy atom. The first kappa shape index (κ1) is 21.9. The fourth-order valence-corrected chi connectivity index (χ4v) is 1.99. The molecule has 0 bridgehead atoms. The lowest BCUT2D eigenvalue weighted by atomic mass is 9.80. The van der Waals surface area contributed by atoms with E-state index in [0.717, 1.165) is 26.2 Å². The van der Waals surface area contributed by atoms with Gasteiger partial charge in [-0.1, -0.05) is 6.07 Å². The molecule has 0 atom stereocenters. The predicted molar refractivity (Wildman–Crippen MR) is 98.5 cm³/mol. The summed E-state index contributed by atoms with van der Waals surface area (Å²) in [5.74, 6) is -0.403. The van der Waals surface area contributed by atoms with Gasteiger partial charge in [0.25, 0.3) is 0 Å². The number of piperazine rings is 1. The SMILES string of the molecule is CC(C)(O)C(C)(C)O.CN1CCN(c2ccc(B(O)O)cc2F)CC1. The van der Waals surface area contributed by atoms with E-state index in [-0.39, 0.29) is 5.46 Å². The summed E-state index contributed by atoms with van der Waals surface area (Å²) < 4.78 is 13.8. The number of hydrogen-bond acceptors (Lipinski definition) is 6. The first-order valence-electron chi connectivity index (χ1n) is 8.37. The summed E-state index contributed by atoms with van der Waals surface area (Å²) in [6, 6.07) is 4.33. The third kappa shape index (κ3) is 6.56. The molecule has 1 saturated heterocycles. The first-order chi connectivity index (χ1) is 11.3. The second-order valence-corrected chi connectivity index (χ2v) is 7.49. The molecule has 2 rings (SSSR count). The number of nitrogens with zero attached hydrogens (tertiary/aromatic N) is 2. The monoisotopic (exact) mass is 356 g/mol. The third-order valence-electron chi connectivity index (χ3n) is 4.61. The number of aliphatic hydroxyl groups is 2. The van der Waals surface area contributed by atoms with E-state index in [4.69, 9.17) is 20.3 Å². The molecule has 142 valence electrons. The van der Waals surface area contributed by atoms with Crippen molar-refractivity contribution in [1.29, 1.82) is 0 Å². The Morgan fingerprint density at radius 1 is 0.960 bits per heavy atom. The number of benzene rings is 1. The van der Waals surface area contributed by atoms with E-state index in [1.165, 1.54) is 6.07 Å². The highest BCUT2D eigenvalue weighted by Gasteiger charge is 2.31. The molecule has 1 aliphatic rings. The first-order valence-corrected chi connectivity index (χ1v) is 8.37. The molecule has 0 saturated carbocycles. The number of halogens is 1. The summed E-state index contributed by atoms with van der Waals surface area (Å²) in [5, 5.41) is 36.1. The third-order valence-corrected chi connectivity index (χ3v) is 4.61. The van der Waals surface area contributed by atoms with Crippen LogP contribution in [0.5, 0.6) is 0 Å². The average molecular weight is 356 g/mol. The zero-order valence-electron chi connectivity index (χ0n) is 15.7. The molecule has 6 nitrogen and oxygen atoms in total. The minimum atomic E-state index is -1.62. The van der Waals surface area contributed by atoms with Crippen molar-refractivity contribution in [2.24, 2.45) is 0 Å². The average Bonchev–Trinajstić information content (AvgIpc) is 2.47. The van der Waals surface area contributed by atoms with Crippen molar-refractivity contribution in [3.8, 4) is 0 Å². The molecule has 0 amide bonds. The van der Waals surface area contributed by atoms with Crippen molar-refractivity contribution in [2.75, 3.05) is 38.1 Å². The Kier molecular flexibility index (Phi) is 7.40. The fraction of sp³-hybridized carbons (Fsp3) is 0.647. The number of anilines is 1. The molecule has 0 aliphatic carbocycles. The Bertz CT molecular complexity index is 539. The van der Waals surface area contributed by atoms with Gasteiger partial charge >= 0.3 is 7.12 Å². The van der Waals surface area contributed by atoms with Crippen molar-refractivity contribution in [2.45, 2.75) is 38.9 Å². The van der Waals surface area contributed by atoms with E-state index in [2.05, 4.69) is 4.90 Å². The van der Waals surface area contributed by atoms with Gasteiger partial charge in [0.15, 0.2) is 0 Å². The van der Waals surface area contributed by atoms with Crippen LogP contribution in [-0.2, 0) is 0 Å². The van der Waals surface area contributed by atoms with E-state index in [1.54, 1.807) is 39.8 Å². The van der Waals surface area contributed by atoms with Crippen LogP contribution in [-0.4, -0.2) is 76.7 Å². The lowest BCUT2D eigenvalue weighted by molar-refractivity contribution is -0.107. The lowest BCUT2D eigenvalue weighted by Crippen LogP contribution is -2.45. The minimum Gasteiger partial charge on any atom is -0.423 e. The van der Waals surface area contributed by atoms with Gasteiger partial charge in [0.2, 0.25) is 0 Å². The zero-order valence-corrected chi connectivity index (χ0v) is 15.7. The van der Waals surface area contributed by atoms with E-state index < -0.39 is 24.1 Å². The van der Waals surface area contributed by atoms with Crippen molar-refractivity contribution < 1.29 is 24.7 Å². The van der Waals surface area contributed by atoms with Crippen molar-refractivity contribution >= 4 is 18.3 Å². The van der Waals surface area contributed by atoms with Crippen LogP contribution >= 0.6 is 0 Å². The smallest absolute Gasteiger partial charge is 0.423 e. The number of rotatable bonds is 3. The highest BCUT2D eigenvalue weighted by atomic mass is 19.1. The summed E-state index contributed by atoms with van der Waals surface area (Å²) in [5.41, 5.74) is -1.30. The summed E-state index contributed by atoms with van der Waals surface area (Å²) >= 11 is 0. The summed E-state index contributed by atoms with van der Waals surface area (Å²) in [4.78, 5) is 4.17. The molecule has 4 N–H and O–H groups in total. The standard InChI is InChI=1S/C11H16BFN2O2.C6H14O2/c1-14-4-6-15(7-5-14)11-3-2-9(12(16)17)8-10(11)13;1-5(2,7)6(3,4)8/h2-3,8,16-17H,4-7H2,1H3;7-8H,1-4H3. The molecule has 0 aromatic heterocycles. The summed E-state index contributed by atoms with van der Waals surface area (Å²) in [6.07, 6.45) is 0. The molecule has 8 heteroatoms. The Morgan fingerprint density at radius 2 is 1.44 bits per heavy atom. The van der Waals surface area contributed by atoms with E-state index >= 15 is 0 Å². The topological polar surface area (TPSA) is 87.4 Å². The maximum atomic E-state index is 13.8. The van der Waals surface area contributed by atoms with Crippen LogP contribution in [0.2, 0.25) is 0 Å². The van der Waals surface area contributed by atoms with Gasteiger partial charge in [-0.3, -0.25) is 0 Å².